The standard InChI is InChI=1S/C26H29N5O3S/c1-26(14-13-18-8-3-2-4-9-18)24(33)31(25(34)28-26)29-22(32)17-30-15-7-10-19(16-30)23-27-20-11-5-6-12-21(20)35-23/h2-6,8-9,11-12,19H,7,10,13-17H2,1H3,(H,28,34)(H,29,32)/t19-,26+/m0/s1. The summed E-state index contributed by atoms with van der Waals surface area (Å²) in [7, 11) is 0. The molecule has 0 bridgehead atoms. The number of piperidine rings is 1. The number of rotatable bonds is 7. The van der Waals surface area contributed by atoms with Crippen LogP contribution in [0.5, 0.6) is 0 Å². The van der Waals surface area contributed by atoms with Crippen LogP contribution in [-0.4, -0.2) is 57.9 Å². The maximum absolute atomic E-state index is 13.0. The predicted molar refractivity (Wildman–Crippen MR) is 135 cm³/mol. The average molecular weight is 492 g/mol. The van der Waals surface area contributed by atoms with Gasteiger partial charge in [0.15, 0.2) is 0 Å². The number of aryl methyl sites for hydroxylation is 1. The molecule has 2 aliphatic rings. The Balaban J connectivity index is 1.17. The lowest BCUT2D eigenvalue weighted by Gasteiger charge is -2.31. The maximum atomic E-state index is 13.0. The van der Waals surface area contributed by atoms with E-state index in [-0.39, 0.29) is 18.4 Å². The van der Waals surface area contributed by atoms with Gasteiger partial charge in [0.05, 0.1) is 21.8 Å². The minimum atomic E-state index is -1.05. The van der Waals surface area contributed by atoms with Gasteiger partial charge < -0.3 is 5.32 Å². The number of carbonyl (C=O) groups is 3. The van der Waals surface area contributed by atoms with Gasteiger partial charge in [-0.1, -0.05) is 42.5 Å². The fourth-order valence-electron chi connectivity index (χ4n) is 4.82. The third-order valence-corrected chi connectivity index (χ3v) is 7.99. The molecule has 0 spiro atoms. The van der Waals surface area contributed by atoms with Gasteiger partial charge in [0.2, 0.25) is 0 Å². The summed E-state index contributed by atoms with van der Waals surface area (Å²) in [5.41, 5.74) is 3.58. The summed E-state index contributed by atoms with van der Waals surface area (Å²) >= 11 is 1.71. The second-order valence-electron chi connectivity index (χ2n) is 9.52. The topological polar surface area (TPSA) is 94.6 Å². The van der Waals surface area contributed by atoms with Crippen molar-refractivity contribution in [1.29, 1.82) is 0 Å². The molecule has 9 heteroatoms. The number of para-hydroxylation sites is 1. The number of hydrazine groups is 1. The number of benzene rings is 2. The van der Waals surface area contributed by atoms with Crippen LogP contribution in [0.4, 0.5) is 4.79 Å². The van der Waals surface area contributed by atoms with Crippen molar-refractivity contribution in [2.24, 2.45) is 0 Å². The number of amides is 4. The molecule has 2 saturated heterocycles. The summed E-state index contributed by atoms with van der Waals surface area (Å²) in [6.45, 7) is 3.35. The number of thiazole rings is 1. The van der Waals surface area contributed by atoms with E-state index in [9.17, 15) is 14.4 Å². The Kier molecular flexibility index (Phi) is 6.53. The Bertz CT molecular complexity index is 1210. The van der Waals surface area contributed by atoms with Gasteiger partial charge in [-0.15, -0.1) is 11.3 Å². The first kappa shape index (κ1) is 23.4. The molecule has 2 aliphatic heterocycles. The molecular formula is C26H29N5O3S. The van der Waals surface area contributed by atoms with E-state index >= 15 is 0 Å². The highest BCUT2D eigenvalue weighted by molar-refractivity contribution is 7.18. The third-order valence-electron chi connectivity index (χ3n) is 6.79. The van der Waals surface area contributed by atoms with E-state index < -0.39 is 17.5 Å². The van der Waals surface area contributed by atoms with E-state index in [0.717, 1.165) is 47.0 Å². The molecule has 5 rings (SSSR count). The van der Waals surface area contributed by atoms with Crippen molar-refractivity contribution in [3.63, 3.8) is 0 Å². The Morgan fingerprint density at radius 2 is 1.94 bits per heavy atom. The van der Waals surface area contributed by atoms with Gasteiger partial charge in [-0.3, -0.25) is 19.9 Å². The van der Waals surface area contributed by atoms with Crippen LogP contribution in [0.1, 0.15) is 42.7 Å². The molecule has 2 aromatic carbocycles. The molecule has 0 unspecified atom stereocenters. The van der Waals surface area contributed by atoms with Gasteiger partial charge in [0.1, 0.15) is 5.54 Å². The molecule has 3 aromatic rings. The number of hydrogen-bond acceptors (Lipinski definition) is 6. The molecule has 8 nitrogen and oxygen atoms in total. The second kappa shape index (κ2) is 9.75. The normalized spacial score (nSPS) is 23.0. The van der Waals surface area contributed by atoms with E-state index in [2.05, 4.69) is 21.7 Å². The van der Waals surface area contributed by atoms with Crippen LogP contribution in [0.3, 0.4) is 0 Å². The highest BCUT2D eigenvalue weighted by Crippen LogP contribution is 2.33. The number of nitrogens with one attached hydrogen (secondary N) is 2. The van der Waals surface area contributed by atoms with Gasteiger partial charge >= 0.3 is 6.03 Å². The Labute approximate surface area is 208 Å². The molecule has 2 fully saturated rings. The lowest BCUT2D eigenvalue weighted by atomic mass is 9.93. The molecule has 1 aromatic heterocycles. The Morgan fingerprint density at radius 3 is 2.74 bits per heavy atom. The van der Waals surface area contributed by atoms with Crippen molar-refractivity contribution in [3.05, 3.63) is 65.2 Å². The van der Waals surface area contributed by atoms with Crippen molar-refractivity contribution < 1.29 is 14.4 Å². The fraction of sp³-hybridized carbons (Fsp3) is 0.385. The SMILES string of the molecule is C[C@]1(CCc2ccccc2)NC(=O)N(NC(=O)CN2CCC[C@H](c3nc4ccccc4s3)C2)C1=O. The van der Waals surface area contributed by atoms with Crippen LogP contribution >= 0.6 is 11.3 Å². The molecule has 2 N–H and O–H groups in total. The first-order chi connectivity index (χ1) is 16.9. The molecule has 182 valence electrons. The summed E-state index contributed by atoms with van der Waals surface area (Å²) < 4.78 is 1.17. The van der Waals surface area contributed by atoms with E-state index in [1.807, 2.05) is 48.5 Å². The summed E-state index contributed by atoms with van der Waals surface area (Å²) in [4.78, 5) is 45.2. The van der Waals surface area contributed by atoms with Crippen LogP contribution < -0.4 is 10.7 Å². The first-order valence-electron chi connectivity index (χ1n) is 12.0. The maximum Gasteiger partial charge on any atom is 0.344 e. The number of likely N-dealkylation sites (tertiary alicyclic amines) is 1. The zero-order valence-corrected chi connectivity index (χ0v) is 20.5. The number of nitrogens with zero attached hydrogens (tertiary/aromatic N) is 3. The number of aromatic nitrogens is 1. The molecule has 2 atom stereocenters. The van der Waals surface area contributed by atoms with Crippen molar-refractivity contribution in [2.75, 3.05) is 19.6 Å². The lowest BCUT2D eigenvalue weighted by molar-refractivity contribution is -0.139. The van der Waals surface area contributed by atoms with Gasteiger partial charge in [-0.25, -0.2) is 9.78 Å². The van der Waals surface area contributed by atoms with Crippen LogP contribution in [0.25, 0.3) is 10.2 Å². The van der Waals surface area contributed by atoms with Crippen molar-refractivity contribution >= 4 is 39.4 Å². The minimum Gasteiger partial charge on any atom is -0.322 e. The molecular weight excluding hydrogens is 462 g/mol. The monoisotopic (exact) mass is 491 g/mol. The van der Waals surface area contributed by atoms with Gasteiger partial charge in [0, 0.05) is 12.5 Å². The third kappa shape index (κ3) is 5.06. The van der Waals surface area contributed by atoms with E-state index in [1.54, 1.807) is 18.3 Å². The van der Waals surface area contributed by atoms with E-state index in [0.29, 0.717) is 12.8 Å². The summed E-state index contributed by atoms with van der Waals surface area (Å²) in [5, 5.41) is 4.69. The number of carbonyl (C=O) groups excluding carboxylic acids is 3. The summed E-state index contributed by atoms with van der Waals surface area (Å²) in [5.74, 6) is -0.532. The Hall–Kier alpha value is -3.30. The number of fused-ring (bicyclic) bond motifs is 1. The van der Waals surface area contributed by atoms with Gasteiger partial charge in [-0.2, -0.15) is 5.01 Å². The molecule has 0 aliphatic carbocycles. The highest BCUT2D eigenvalue weighted by atomic mass is 32.1. The summed E-state index contributed by atoms with van der Waals surface area (Å²) in [6, 6.07) is 17.3. The largest absolute Gasteiger partial charge is 0.344 e. The highest BCUT2D eigenvalue weighted by Gasteiger charge is 2.48. The zero-order chi connectivity index (χ0) is 24.4. The van der Waals surface area contributed by atoms with Crippen molar-refractivity contribution in [1.82, 2.24) is 25.6 Å². The number of urea groups is 1. The van der Waals surface area contributed by atoms with Crippen LogP contribution in [0.15, 0.2) is 54.6 Å². The minimum absolute atomic E-state index is 0.124. The van der Waals surface area contributed by atoms with E-state index in [1.165, 1.54) is 4.70 Å². The van der Waals surface area contributed by atoms with Crippen LogP contribution in [-0.2, 0) is 16.0 Å². The van der Waals surface area contributed by atoms with Gasteiger partial charge in [0.25, 0.3) is 11.8 Å². The molecule has 3 heterocycles. The molecule has 0 radical (unpaired) electrons. The van der Waals surface area contributed by atoms with Crippen LogP contribution in [0, 0.1) is 0 Å². The second-order valence-corrected chi connectivity index (χ2v) is 10.6. The lowest BCUT2D eigenvalue weighted by Crippen LogP contribution is -2.52. The van der Waals surface area contributed by atoms with Crippen molar-refractivity contribution in [2.45, 2.75) is 44.1 Å². The molecule has 4 amide bonds. The quantitative estimate of drug-likeness (QED) is 0.494. The first-order valence-corrected chi connectivity index (χ1v) is 12.8. The fourth-order valence-corrected chi connectivity index (χ4v) is 5.92. The average Bonchev–Trinajstić information content (AvgIpc) is 3.39. The van der Waals surface area contributed by atoms with Crippen LogP contribution in [0.2, 0.25) is 0 Å². The smallest absolute Gasteiger partial charge is 0.322 e. The predicted octanol–water partition coefficient (Wildman–Crippen LogP) is 3.45. The van der Waals surface area contributed by atoms with Gasteiger partial charge in [-0.05, 0) is 56.8 Å². The zero-order valence-electron chi connectivity index (χ0n) is 19.7. The van der Waals surface area contributed by atoms with Crippen molar-refractivity contribution in [3.8, 4) is 0 Å². The number of imide groups is 1. The molecule has 35 heavy (non-hydrogen) atoms. The molecule has 0 saturated carbocycles. The van der Waals surface area contributed by atoms with E-state index in [4.69, 9.17) is 4.98 Å². The number of hydrogen-bond donors (Lipinski definition) is 2. The summed E-state index contributed by atoms with van der Waals surface area (Å²) in [6.07, 6.45) is 3.09. The Morgan fingerprint density at radius 1 is 1.17 bits per heavy atom.